The van der Waals surface area contributed by atoms with Crippen molar-refractivity contribution in [1.29, 1.82) is 0 Å². The third-order valence-electron chi connectivity index (χ3n) is 4.16. The van der Waals surface area contributed by atoms with E-state index in [1.54, 1.807) is 22.9 Å². The SMILES string of the molecule is COC(=O)c1ccc(C)c(NC(=O)c2cnn(-c3ccccc3)c2C)c1. The van der Waals surface area contributed by atoms with Gasteiger partial charge in [0.25, 0.3) is 5.91 Å². The van der Waals surface area contributed by atoms with Crippen molar-refractivity contribution in [2.24, 2.45) is 0 Å². The highest BCUT2D eigenvalue weighted by Crippen LogP contribution is 2.20. The van der Waals surface area contributed by atoms with Crippen molar-refractivity contribution in [3.05, 3.63) is 77.1 Å². The fourth-order valence-corrected chi connectivity index (χ4v) is 2.65. The van der Waals surface area contributed by atoms with Crippen LogP contribution in [0, 0.1) is 13.8 Å². The Labute approximate surface area is 151 Å². The van der Waals surface area contributed by atoms with Gasteiger partial charge in [0.2, 0.25) is 0 Å². The Kier molecular flexibility index (Phi) is 4.84. The molecule has 0 saturated heterocycles. The number of nitrogens with zero attached hydrogens (tertiary/aromatic N) is 2. The first-order valence-corrected chi connectivity index (χ1v) is 8.11. The number of benzene rings is 2. The van der Waals surface area contributed by atoms with E-state index in [4.69, 9.17) is 4.74 Å². The zero-order valence-corrected chi connectivity index (χ0v) is 14.8. The van der Waals surface area contributed by atoms with Crippen molar-refractivity contribution in [3.63, 3.8) is 0 Å². The Bertz CT molecular complexity index is 962. The maximum Gasteiger partial charge on any atom is 0.337 e. The number of carbonyl (C=O) groups excluding carboxylic acids is 2. The van der Waals surface area contributed by atoms with Crippen LogP contribution < -0.4 is 5.32 Å². The molecular formula is C20H19N3O3. The molecule has 2 aromatic carbocycles. The Morgan fingerprint density at radius 1 is 1.08 bits per heavy atom. The molecule has 0 saturated carbocycles. The number of rotatable bonds is 4. The highest BCUT2D eigenvalue weighted by atomic mass is 16.5. The molecule has 0 atom stereocenters. The summed E-state index contributed by atoms with van der Waals surface area (Å²) in [6, 6.07) is 14.6. The molecule has 1 amide bonds. The fourth-order valence-electron chi connectivity index (χ4n) is 2.65. The molecule has 6 nitrogen and oxygen atoms in total. The van der Waals surface area contributed by atoms with E-state index in [1.807, 2.05) is 44.2 Å². The monoisotopic (exact) mass is 349 g/mol. The normalized spacial score (nSPS) is 10.4. The molecule has 0 bridgehead atoms. The van der Waals surface area contributed by atoms with E-state index in [0.717, 1.165) is 16.9 Å². The standard InChI is InChI=1S/C20H19N3O3/c1-13-9-10-15(20(25)26-3)11-18(13)22-19(24)17-12-21-23(14(17)2)16-7-5-4-6-8-16/h4-12H,1-3H3,(H,22,24). The van der Waals surface area contributed by atoms with Crippen molar-refractivity contribution < 1.29 is 14.3 Å². The van der Waals surface area contributed by atoms with E-state index in [-0.39, 0.29) is 5.91 Å². The predicted molar refractivity (Wildman–Crippen MR) is 98.8 cm³/mol. The molecule has 0 unspecified atom stereocenters. The number of aromatic nitrogens is 2. The number of anilines is 1. The van der Waals surface area contributed by atoms with Gasteiger partial charge in [-0.15, -0.1) is 0 Å². The highest BCUT2D eigenvalue weighted by Gasteiger charge is 2.17. The largest absolute Gasteiger partial charge is 0.465 e. The summed E-state index contributed by atoms with van der Waals surface area (Å²) < 4.78 is 6.44. The molecule has 1 N–H and O–H groups in total. The van der Waals surface area contributed by atoms with Crippen LogP contribution in [0.25, 0.3) is 5.69 Å². The Balaban J connectivity index is 1.88. The molecule has 1 aromatic heterocycles. The summed E-state index contributed by atoms with van der Waals surface area (Å²) in [7, 11) is 1.32. The third kappa shape index (κ3) is 3.35. The minimum atomic E-state index is -0.450. The van der Waals surface area contributed by atoms with Gasteiger partial charge in [0.15, 0.2) is 0 Å². The zero-order chi connectivity index (χ0) is 18.7. The van der Waals surface area contributed by atoms with Crippen LogP contribution in [0.5, 0.6) is 0 Å². The van der Waals surface area contributed by atoms with E-state index in [1.165, 1.54) is 13.3 Å². The molecule has 26 heavy (non-hydrogen) atoms. The highest BCUT2D eigenvalue weighted by molar-refractivity contribution is 6.06. The molecule has 0 aliphatic rings. The van der Waals surface area contributed by atoms with Crippen LogP contribution in [0.15, 0.2) is 54.7 Å². The van der Waals surface area contributed by atoms with Crippen LogP contribution in [-0.4, -0.2) is 28.8 Å². The summed E-state index contributed by atoms with van der Waals surface area (Å²) in [5, 5.41) is 7.16. The van der Waals surface area contributed by atoms with Gasteiger partial charge in [-0.1, -0.05) is 24.3 Å². The quantitative estimate of drug-likeness (QED) is 0.731. The number of ether oxygens (including phenoxy) is 1. The molecule has 3 rings (SSSR count). The minimum absolute atomic E-state index is 0.283. The zero-order valence-electron chi connectivity index (χ0n) is 14.8. The van der Waals surface area contributed by atoms with Crippen molar-refractivity contribution >= 4 is 17.6 Å². The van der Waals surface area contributed by atoms with Gasteiger partial charge < -0.3 is 10.1 Å². The number of nitrogens with one attached hydrogen (secondary N) is 1. The number of amides is 1. The molecule has 0 radical (unpaired) electrons. The van der Waals surface area contributed by atoms with Crippen molar-refractivity contribution in [1.82, 2.24) is 9.78 Å². The van der Waals surface area contributed by atoms with Gasteiger partial charge >= 0.3 is 5.97 Å². The first-order chi connectivity index (χ1) is 12.5. The smallest absolute Gasteiger partial charge is 0.337 e. The number of methoxy groups -OCH3 is 1. The summed E-state index contributed by atoms with van der Waals surface area (Å²) in [6.45, 7) is 3.70. The molecule has 132 valence electrons. The molecule has 0 aliphatic carbocycles. The lowest BCUT2D eigenvalue weighted by Gasteiger charge is -2.10. The van der Waals surface area contributed by atoms with Gasteiger partial charge in [0, 0.05) is 5.69 Å². The van der Waals surface area contributed by atoms with Crippen LogP contribution >= 0.6 is 0 Å². The van der Waals surface area contributed by atoms with Gasteiger partial charge in [0.1, 0.15) is 0 Å². The number of hydrogen-bond donors (Lipinski definition) is 1. The lowest BCUT2D eigenvalue weighted by Crippen LogP contribution is -2.14. The van der Waals surface area contributed by atoms with Crippen LogP contribution in [-0.2, 0) is 4.74 Å². The van der Waals surface area contributed by atoms with Gasteiger partial charge in [0.05, 0.1) is 35.8 Å². The van der Waals surface area contributed by atoms with Crippen molar-refractivity contribution in [3.8, 4) is 5.69 Å². The van der Waals surface area contributed by atoms with E-state index >= 15 is 0 Å². The molecule has 0 aliphatic heterocycles. The minimum Gasteiger partial charge on any atom is -0.465 e. The maximum atomic E-state index is 12.7. The molecular weight excluding hydrogens is 330 g/mol. The van der Waals surface area contributed by atoms with E-state index in [9.17, 15) is 9.59 Å². The second-order valence-electron chi connectivity index (χ2n) is 5.87. The molecule has 0 spiro atoms. The second kappa shape index (κ2) is 7.23. The first-order valence-electron chi connectivity index (χ1n) is 8.11. The molecule has 6 heteroatoms. The van der Waals surface area contributed by atoms with Crippen molar-refractivity contribution in [2.75, 3.05) is 12.4 Å². The first kappa shape index (κ1) is 17.4. The van der Waals surface area contributed by atoms with Gasteiger partial charge in [-0.05, 0) is 43.7 Å². The summed E-state index contributed by atoms with van der Waals surface area (Å²) in [5.74, 6) is -0.733. The van der Waals surface area contributed by atoms with E-state index in [2.05, 4.69) is 10.4 Å². The Morgan fingerprint density at radius 2 is 1.81 bits per heavy atom. The molecule has 0 fully saturated rings. The lowest BCUT2D eigenvalue weighted by atomic mass is 10.1. The third-order valence-corrected chi connectivity index (χ3v) is 4.16. The van der Waals surface area contributed by atoms with Gasteiger partial charge in [-0.2, -0.15) is 5.10 Å². The summed E-state index contributed by atoms with van der Waals surface area (Å²) in [6.07, 6.45) is 1.54. The topological polar surface area (TPSA) is 73.2 Å². The number of carbonyl (C=O) groups is 2. The number of para-hydroxylation sites is 1. The number of esters is 1. The predicted octanol–water partition coefficient (Wildman–Crippen LogP) is 3.53. The van der Waals surface area contributed by atoms with E-state index in [0.29, 0.717) is 16.8 Å². The Hall–Kier alpha value is -3.41. The maximum absolute atomic E-state index is 12.7. The van der Waals surface area contributed by atoms with Crippen LogP contribution in [0.2, 0.25) is 0 Å². The van der Waals surface area contributed by atoms with E-state index < -0.39 is 5.97 Å². The summed E-state index contributed by atoms with van der Waals surface area (Å²) in [4.78, 5) is 24.4. The lowest BCUT2D eigenvalue weighted by molar-refractivity contribution is 0.0600. The van der Waals surface area contributed by atoms with Gasteiger partial charge in [-0.3, -0.25) is 4.79 Å². The Morgan fingerprint density at radius 3 is 2.50 bits per heavy atom. The summed E-state index contributed by atoms with van der Waals surface area (Å²) >= 11 is 0. The van der Waals surface area contributed by atoms with Crippen LogP contribution in [0.1, 0.15) is 32.0 Å². The van der Waals surface area contributed by atoms with Crippen LogP contribution in [0.4, 0.5) is 5.69 Å². The average molecular weight is 349 g/mol. The second-order valence-corrected chi connectivity index (χ2v) is 5.87. The number of aryl methyl sites for hydroxylation is 1. The van der Waals surface area contributed by atoms with Crippen molar-refractivity contribution in [2.45, 2.75) is 13.8 Å². The van der Waals surface area contributed by atoms with Crippen LogP contribution in [0.3, 0.4) is 0 Å². The fraction of sp³-hybridized carbons (Fsp3) is 0.150. The average Bonchev–Trinajstić information content (AvgIpc) is 3.05. The molecule has 3 aromatic rings. The molecule has 1 heterocycles. The van der Waals surface area contributed by atoms with Gasteiger partial charge in [-0.25, -0.2) is 9.48 Å². The number of hydrogen-bond acceptors (Lipinski definition) is 4. The summed E-state index contributed by atoms with van der Waals surface area (Å²) in [5.41, 5.74) is 3.87.